The van der Waals surface area contributed by atoms with E-state index in [1.165, 1.54) is 35.0 Å². The number of hydrogen-bond donors (Lipinski definition) is 1. The summed E-state index contributed by atoms with van der Waals surface area (Å²) in [5.41, 5.74) is 0.209. The van der Waals surface area contributed by atoms with Crippen molar-refractivity contribution in [3.05, 3.63) is 65.7 Å². The van der Waals surface area contributed by atoms with Crippen LogP contribution in [0.4, 0.5) is 13.2 Å². The lowest BCUT2D eigenvalue weighted by Gasteiger charge is -2.08. The topological polar surface area (TPSA) is 81.9 Å². The SMILES string of the molecule is O=C(COc1ccc(F)cc1)NCc1nnnn1-c1ccc(F)c(F)c1. The quantitative estimate of drug-likeness (QED) is 0.722. The summed E-state index contributed by atoms with van der Waals surface area (Å²) < 4.78 is 45.5. The van der Waals surface area contributed by atoms with Crippen molar-refractivity contribution in [2.24, 2.45) is 0 Å². The van der Waals surface area contributed by atoms with Crippen LogP contribution < -0.4 is 10.1 Å². The maximum Gasteiger partial charge on any atom is 0.258 e. The fourth-order valence-electron chi connectivity index (χ4n) is 2.04. The first-order valence-electron chi connectivity index (χ1n) is 7.40. The lowest BCUT2D eigenvalue weighted by Crippen LogP contribution is -2.29. The van der Waals surface area contributed by atoms with Gasteiger partial charge in [-0.25, -0.2) is 13.2 Å². The number of nitrogens with zero attached hydrogens (tertiary/aromatic N) is 4. The Hall–Kier alpha value is -3.43. The maximum atomic E-state index is 13.3. The number of aromatic nitrogens is 4. The average Bonchev–Trinajstić information content (AvgIpc) is 3.10. The number of amides is 1. The number of tetrazole rings is 1. The Morgan fingerprint density at radius 3 is 2.58 bits per heavy atom. The Kier molecular flexibility index (Phi) is 5.11. The molecule has 0 radical (unpaired) electrons. The molecule has 0 unspecified atom stereocenters. The van der Waals surface area contributed by atoms with Crippen LogP contribution in [-0.4, -0.2) is 32.7 Å². The molecular formula is C16H12F3N5O2. The van der Waals surface area contributed by atoms with Gasteiger partial charge in [0.25, 0.3) is 5.91 Å². The molecule has 0 aliphatic rings. The van der Waals surface area contributed by atoms with Crippen molar-refractivity contribution in [3.8, 4) is 11.4 Å². The van der Waals surface area contributed by atoms with Crippen molar-refractivity contribution in [3.63, 3.8) is 0 Å². The molecule has 2 aromatic carbocycles. The molecule has 3 rings (SSSR count). The third kappa shape index (κ3) is 4.15. The summed E-state index contributed by atoms with van der Waals surface area (Å²) in [4.78, 5) is 11.8. The van der Waals surface area contributed by atoms with Crippen LogP contribution >= 0.6 is 0 Å². The molecule has 1 heterocycles. The number of hydrogen-bond acceptors (Lipinski definition) is 5. The van der Waals surface area contributed by atoms with Crippen LogP contribution in [0.2, 0.25) is 0 Å². The number of halogens is 3. The third-order valence-electron chi connectivity index (χ3n) is 3.31. The van der Waals surface area contributed by atoms with Gasteiger partial charge in [-0.1, -0.05) is 0 Å². The molecule has 1 N–H and O–H groups in total. The van der Waals surface area contributed by atoms with E-state index < -0.39 is 23.4 Å². The van der Waals surface area contributed by atoms with Crippen LogP contribution in [0, 0.1) is 17.5 Å². The smallest absolute Gasteiger partial charge is 0.258 e. The Morgan fingerprint density at radius 2 is 1.85 bits per heavy atom. The van der Waals surface area contributed by atoms with Gasteiger partial charge in [0.15, 0.2) is 24.1 Å². The summed E-state index contributed by atoms with van der Waals surface area (Å²) in [6.07, 6.45) is 0. The second kappa shape index (κ2) is 7.64. The molecule has 0 atom stereocenters. The molecule has 0 saturated carbocycles. The minimum Gasteiger partial charge on any atom is -0.484 e. The Morgan fingerprint density at radius 1 is 1.08 bits per heavy atom. The van der Waals surface area contributed by atoms with E-state index in [1.54, 1.807) is 0 Å². The van der Waals surface area contributed by atoms with Gasteiger partial charge in [-0.05, 0) is 46.8 Å². The van der Waals surface area contributed by atoms with Crippen LogP contribution in [0.25, 0.3) is 5.69 Å². The highest BCUT2D eigenvalue weighted by molar-refractivity contribution is 5.77. The van der Waals surface area contributed by atoms with Gasteiger partial charge in [0.1, 0.15) is 11.6 Å². The lowest BCUT2D eigenvalue weighted by molar-refractivity contribution is -0.123. The highest BCUT2D eigenvalue weighted by Gasteiger charge is 2.12. The predicted octanol–water partition coefficient (Wildman–Crippen LogP) is 1.77. The van der Waals surface area contributed by atoms with E-state index in [1.807, 2.05) is 0 Å². The van der Waals surface area contributed by atoms with Crippen LogP contribution in [0.1, 0.15) is 5.82 Å². The molecule has 1 amide bonds. The molecule has 134 valence electrons. The third-order valence-corrected chi connectivity index (χ3v) is 3.31. The van der Waals surface area contributed by atoms with Crippen molar-refractivity contribution in [1.29, 1.82) is 0 Å². The van der Waals surface area contributed by atoms with Crippen molar-refractivity contribution < 1.29 is 22.7 Å². The maximum absolute atomic E-state index is 13.3. The highest BCUT2D eigenvalue weighted by Crippen LogP contribution is 2.13. The molecule has 0 saturated heterocycles. The van der Waals surface area contributed by atoms with Gasteiger partial charge in [0.2, 0.25) is 0 Å². The van der Waals surface area contributed by atoms with Gasteiger partial charge in [-0.3, -0.25) is 4.79 Å². The molecule has 0 spiro atoms. The van der Waals surface area contributed by atoms with Crippen molar-refractivity contribution in [2.75, 3.05) is 6.61 Å². The zero-order valence-corrected chi connectivity index (χ0v) is 13.2. The second-order valence-electron chi connectivity index (χ2n) is 5.12. The lowest BCUT2D eigenvalue weighted by atomic mass is 10.3. The van der Waals surface area contributed by atoms with E-state index in [2.05, 4.69) is 20.8 Å². The van der Waals surface area contributed by atoms with Gasteiger partial charge in [-0.2, -0.15) is 4.68 Å². The van der Waals surface area contributed by atoms with E-state index in [0.717, 1.165) is 12.1 Å². The molecule has 3 aromatic rings. The molecule has 10 heteroatoms. The van der Waals surface area contributed by atoms with E-state index in [9.17, 15) is 18.0 Å². The van der Waals surface area contributed by atoms with Gasteiger partial charge in [0.05, 0.1) is 12.2 Å². The number of benzene rings is 2. The summed E-state index contributed by atoms with van der Waals surface area (Å²) in [7, 11) is 0. The first kappa shape index (κ1) is 17.4. The average molecular weight is 363 g/mol. The first-order valence-corrected chi connectivity index (χ1v) is 7.40. The van der Waals surface area contributed by atoms with Crippen molar-refractivity contribution in [1.82, 2.24) is 25.5 Å². The minimum absolute atomic E-state index is 0.0579. The molecule has 1 aromatic heterocycles. The number of ether oxygens (including phenoxy) is 1. The molecule has 0 aliphatic heterocycles. The number of rotatable bonds is 6. The Labute approximate surface area is 145 Å². The number of nitrogens with one attached hydrogen (secondary N) is 1. The van der Waals surface area contributed by atoms with Crippen LogP contribution in [-0.2, 0) is 11.3 Å². The number of carbonyl (C=O) groups excluding carboxylic acids is 1. The van der Waals surface area contributed by atoms with Gasteiger partial charge >= 0.3 is 0 Å². The van der Waals surface area contributed by atoms with Crippen molar-refractivity contribution >= 4 is 5.91 Å². The summed E-state index contributed by atoms with van der Waals surface area (Å²) >= 11 is 0. The highest BCUT2D eigenvalue weighted by atomic mass is 19.2. The first-order chi connectivity index (χ1) is 12.5. The van der Waals surface area contributed by atoms with Gasteiger partial charge in [0, 0.05) is 6.07 Å². The zero-order chi connectivity index (χ0) is 18.5. The van der Waals surface area contributed by atoms with E-state index >= 15 is 0 Å². The van der Waals surface area contributed by atoms with Crippen LogP contribution in [0.5, 0.6) is 5.75 Å². The standard InChI is InChI=1S/C16H12F3N5O2/c17-10-1-4-12(5-2-10)26-9-16(25)20-8-15-21-22-23-24(15)11-3-6-13(18)14(19)7-11/h1-7H,8-9H2,(H,20,25). The Bertz CT molecular complexity index is 915. The monoisotopic (exact) mass is 363 g/mol. The van der Waals surface area contributed by atoms with E-state index in [4.69, 9.17) is 4.74 Å². The molecular weight excluding hydrogens is 351 g/mol. The Balaban J connectivity index is 1.58. The molecule has 0 aliphatic carbocycles. The molecule has 7 nitrogen and oxygen atoms in total. The number of carbonyl (C=O) groups is 1. The second-order valence-corrected chi connectivity index (χ2v) is 5.12. The molecule has 0 fully saturated rings. The van der Waals surface area contributed by atoms with Crippen LogP contribution in [0.3, 0.4) is 0 Å². The van der Waals surface area contributed by atoms with Gasteiger partial charge < -0.3 is 10.1 Å². The molecule has 26 heavy (non-hydrogen) atoms. The van der Waals surface area contributed by atoms with Crippen molar-refractivity contribution in [2.45, 2.75) is 6.54 Å². The molecule has 0 bridgehead atoms. The summed E-state index contributed by atoms with van der Waals surface area (Å²) in [5.74, 6) is -2.35. The minimum atomic E-state index is -1.04. The fraction of sp³-hybridized carbons (Fsp3) is 0.125. The predicted molar refractivity (Wildman–Crippen MR) is 82.8 cm³/mol. The zero-order valence-electron chi connectivity index (χ0n) is 13.2. The largest absolute Gasteiger partial charge is 0.484 e. The van der Waals surface area contributed by atoms with E-state index in [-0.39, 0.29) is 24.7 Å². The van der Waals surface area contributed by atoms with E-state index in [0.29, 0.717) is 5.75 Å². The van der Waals surface area contributed by atoms with Gasteiger partial charge in [-0.15, -0.1) is 5.10 Å². The summed E-state index contributed by atoms with van der Waals surface area (Å²) in [6, 6.07) is 8.41. The summed E-state index contributed by atoms with van der Waals surface area (Å²) in [5, 5.41) is 13.4. The fourth-order valence-corrected chi connectivity index (χ4v) is 2.04. The normalized spacial score (nSPS) is 10.6. The van der Waals surface area contributed by atoms with Crippen LogP contribution in [0.15, 0.2) is 42.5 Å². The summed E-state index contributed by atoms with van der Waals surface area (Å²) in [6.45, 7) is -0.351.